The summed E-state index contributed by atoms with van der Waals surface area (Å²) in [4.78, 5) is 39.9. The summed E-state index contributed by atoms with van der Waals surface area (Å²) < 4.78 is 8.55. The van der Waals surface area contributed by atoms with Crippen LogP contribution >= 0.6 is 7.82 Å². The Balaban J connectivity index is -0.000000141. The predicted octanol–water partition coefficient (Wildman–Crippen LogP) is -11.4. The summed E-state index contributed by atoms with van der Waals surface area (Å²) in [6.07, 6.45) is 1.88. The van der Waals surface area contributed by atoms with Gasteiger partial charge in [0.2, 0.25) is 0 Å². The molecule has 0 unspecified atom stereocenters. The van der Waals surface area contributed by atoms with Gasteiger partial charge in [-0.25, -0.2) is 0 Å². The second-order valence-corrected chi connectivity index (χ2v) is 3.75. The zero-order valence-corrected chi connectivity index (χ0v) is 18.6. The maximum Gasteiger partial charge on any atom is 1.00 e. The number of aliphatic hydroxyl groups excluding tert-OH is 1. The number of aliphatic hydroxyl groups is 1. The van der Waals surface area contributed by atoms with Crippen LogP contribution in [0, 0.1) is 6.92 Å². The van der Waals surface area contributed by atoms with Crippen LogP contribution in [-0.4, -0.2) is 21.5 Å². The van der Waals surface area contributed by atoms with Gasteiger partial charge in [0.1, 0.15) is 5.75 Å². The van der Waals surface area contributed by atoms with Gasteiger partial charge in [-0.1, -0.05) is 0 Å². The van der Waals surface area contributed by atoms with E-state index in [0.29, 0.717) is 17.5 Å². The first-order chi connectivity index (χ1) is 7.70. The van der Waals surface area contributed by atoms with E-state index in [1.54, 1.807) is 6.92 Å². The van der Waals surface area contributed by atoms with Gasteiger partial charge in [0.15, 0.2) is 6.29 Å². The van der Waals surface area contributed by atoms with Crippen molar-refractivity contribution in [3.05, 3.63) is 23.0 Å². The number of rotatable bonds is 2. The number of phosphoric acid groups is 1. The van der Waals surface area contributed by atoms with Crippen LogP contribution in [0.25, 0.3) is 0 Å². The minimum Gasteiger partial charge on any atom is -0.822 e. The van der Waals surface area contributed by atoms with E-state index in [1.807, 2.05) is 0 Å². The molecule has 1 heterocycles. The van der Waals surface area contributed by atoms with Gasteiger partial charge in [0, 0.05) is 11.8 Å². The van der Waals surface area contributed by atoms with Crippen LogP contribution in [0.2, 0.25) is 0 Å². The molecule has 1 aromatic rings. The zero-order valence-electron chi connectivity index (χ0n) is 11.7. The van der Waals surface area contributed by atoms with Gasteiger partial charge in [0.25, 0.3) is 0 Å². The second kappa shape index (κ2) is 14.3. The molecule has 0 atom stereocenters. The van der Waals surface area contributed by atoms with Crippen LogP contribution in [0.15, 0.2) is 6.20 Å². The number of nitrogens with zero attached hydrogens (tertiary/aromatic N) is 1. The molecule has 0 bridgehead atoms. The second-order valence-electron chi connectivity index (χ2n) is 2.85. The van der Waals surface area contributed by atoms with E-state index in [-0.39, 0.29) is 107 Å². The van der Waals surface area contributed by atoms with Crippen LogP contribution < -0.4 is 103 Å². The summed E-state index contributed by atoms with van der Waals surface area (Å²) in [5.41, 5.74) is 0.840. The summed E-state index contributed by atoms with van der Waals surface area (Å²) in [6, 6.07) is 0. The average Bonchev–Trinajstić information content (AvgIpc) is 2.19. The van der Waals surface area contributed by atoms with E-state index in [2.05, 4.69) is 4.98 Å². The summed E-state index contributed by atoms with van der Waals surface area (Å²) in [6.45, 7) is 1.29. The molecular formula is C8H9NNa3O7P. The maximum absolute atomic E-state index is 10.5. The van der Waals surface area contributed by atoms with E-state index in [0.717, 1.165) is 0 Å². The van der Waals surface area contributed by atoms with Gasteiger partial charge in [-0.3, -0.25) is 9.78 Å². The number of aryl methyl sites for hydroxylation is 1. The normalized spacial score (nSPS) is 8.85. The molecule has 12 heteroatoms. The monoisotopic (exact) mass is 331 g/mol. The summed E-state index contributed by atoms with van der Waals surface area (Å²) >= 11 is 0. The van der Waals surface area contributed by atoms with Crippen LogP contribution in [0.1, 0.15) is 21.6 Å². The Labute approximate surface area is 182 Å². The number of pyridine rings is 1. The Hall–Kier alpha value is 1.69. The quantitative estimate of drug-likeness (QED) is 0.307. The minimum atomic E-state index is -5.39. The smallest absolute Gasteiger partial charge is 0.822 e. The molecule has 1 aromatic heterocycles. The van der Waals surface area contributed by atoms with Crippen molar-refractivity contribution in [2.45, 2.75) is 13.5 Å². The molecule has 0 spiro atoms. The van der Waals surface area contributed by atoms with E-state index in [4.69, 9.17) is 24.4 Å². The Kier molecular flexibility index (Phi) is 21.2. The molecule has 0 aliphatic carbocycles. The third kappa shape index (κ3) is 13.4. The summed E-state index contributed by atoms with van der Waals surface area (Å²) in [7, 11) is -5.39. The van der Waals surface area contributed by atoms with Gasteiger partial charge in [-0.05, 0) is 6.92 Å². The van der Waals surface area contributed by atoms with Crippen molar-refractivity contribution >= 4 is 14.1 Å². The van der Waals surface area contributed by atoms with E-state index in [9.17, 15) is 9.90 Å². The molecule has 0 saturated heterocycles. The number of aldehydes is 1. The maximum atomic E-state index is 10.5. The molecule has 0 amide bonds. The Morgan fingerprint density at radius 3 is 2.00 bits per heavy atom. The topological polar surface area (TPSA) is 157 Å². The number of carbonyl (C=O) groups excluding carboxylic acids is 1. The molecule has 1 rings (SSSR count). The Morgan fingerprint density at radius 1 is 1.30 bits per heavy atom. The molecule has 0 saturated carbocycles. The van der Waals surface area contributed by atoms with Crippen molar-refractivity contribution in [1.29, 1.82) is 0 Å². The van der Waals surface area contributed by atoms with Gasteiger partial charge in [0.05, 0.1) is 17.9 Å². The standard InChI is InChI=1S/C8H9NO3.3Na.H3O4P/c1-5-8(12)7(4-11)6(3-10)2-9-5;;;;1-5(2,3)4/h2,4,10,12H,3H2,1H3;;;;(H3,1,2,3,4)/q;3*+1;/p-3. The molecule has 0 aliphatic rings. The fourth-order valence-corrected chi connectivity index (χ4v) is 0.910. The fourth-order valence-electron chi connectivity index (χ4n) is 0.910. The van der Waals surface area contributed by atoms with Crippen molar-refractivity contribution in [2.24, 2.45) is 0 Å². The first-order valence-corrected chi connectivity index (χ1v) is 5.63. The number of carbonyl (C=O) groups is 1. The van der Waals surface area contributed by atoms with Crippen molar-refractivity contribution in [3.8, 4) is 5.75 Å². The van der Waals surface area contributed by atoms with Gasteiger partial charge >= 0.3 is 88.7 Å². The fraction of sp³-hybridized carbons (Fsp3) is 0.250. The number of aromatic nitrogens is 1. The molecule has 2 N–H and O–H groups in total. The number of hydrogen-bond acceptors (Lipinski definition) is 8. The van der Waals surface area contributed by atoms with Gasteiger partial charge < -0.3 is 29.5 Å². The van der Waals surface area contributed by atoms with E-state index < -0.39 is 7.82 Å². The van der Waals surface area contributed by atoms with Crippen LogP contribution in [0.5, 0.6) is 5.75 Å². The molecule has 20 heavy (non-hydrogen) atoms. The predicted molar refractivity (Wildman–Crippen MR) is 49.6 cm³/mol. The van der Waals surface area contributed by atoms with Crippen molar-refractivity contribution in [2.75, 3.05) is 0 Å². The summed E-state index contributed by atoms with van der Waals surface area (Å²) in [5, 5.41) is 18.1. The minimum absolute atomic E-state index is 0. The van der Waals surface area contributed by atoms with Crippen LogP contribution in [0.3, 0.4) is 0 Å². The number of aromatic hydroxyl groups is 1. The third-order valence-electron chi connectivity index (χ3n) is 1.65. The van der Waals surface area contributed by atoms with Crippen LogP contribution in [0.4, 0.5) is 0 Å². The Bertz CT molecular complexity index is 446. The molecule has 96 valence electrons. The van der Waals surface area contributed by atoms with E-state index >= 15 is 0 Å². The zero-order chi connectivity index (χ0) is 13.6. The first-order valence-electron chi connectivity index (χ1n) is 4.17. The third-order valence-corrected chi connectivity index (χ3v) is 1.65. The molecule has 0 aliphatic heterocycles. The van der Waals surface area contributed by atoms with Crippen molar-refractivity contribution in [1.82, 2.24) is 4.98 Å². The summed E-state index contributed by atoms with van der Waals surface area (Å²) in [5.74, 6) is -0.156. The van der Waals surface area contributed by atoms with Gasteiger partial charge in [-0.2, -0.15) is 7.82 Å². The number of hydrogen-bond donors (Lipinski definition) is 2. The Morgan fingerprint density at radius 2 is 1.70 bits per heavy atom. The first kappa shape index (κ1) is 29.7. The largest absolute Gasteiger partial charge is 1.00 e. The van der Waals surface area contributed by atoms with Crippen LogP contribution in [-0.2, 0) is 11.2 Å². The molecule has 8 nitrogen and oxygen atoms in total. The molecule has 0 aromatic carbocycles. The molecular weight excluding hydrogens is 322 g/mol. The van der Waals surface area contributed by atoms with Crippen molar-refractivity contribution in [3.63, 3.8) is 0 Å². The van der Waals surface area contributed by atoms with Gasteiger partial charge in [-0.15, -0.1) is 0 Å². The SMILES string of the molecule is Cc1ncc(CO)c(C=O)c1O.O=P([O-])([O-])[O-].[Na+].[Na+].[Na+]. The average molecular weight is 331 g/mol. The molecule has 0 fully saturated rings. The molecule has 0 radical (unpaired) electrons. The van der Waals surface area contributed by atoms with Crippen molar-refractivity contribution < 1.29 is 123 Å². The van der Waals surface area contributed by atoms with E-state index in [1.165, 1.54) is 6.20 Å².